The molecular weight excluding hydrogens is 206 g/mol. The summed E-state index contributed by atoms with van der Waals surface area (Å²) in [4.78, 5) is 0. The lowest BCUT2D eigenvalue weighted by Crippen LogP contribution is -2.17. The highest BCUT2D eigenvalue weighted by atomic mass is 14.9. The van der Waals surface area contributed by atoms with Gasteiger partial charge in [-0.15, -0.1) is 0 Å². The van der Waals surface area contributed by atoms with Crippen molar-refractivity contribution in [1.82, 2.24) is 0 Å². The van der Waals surface area contributed by atoms with Crippen molar-refractivity contribution in [3.05, 3.63) is 65.7 Å². The summed E-state index contributed by atoms with van der Waals surface area (Å²) in [6.45, 7) is 4.32. The Morgan fingerprint density at radius 3 is 2.24 bits per heavy atom. The third-order valence-corrected chi connectivity index (χ3v) is 2.85. The van der Waals surface area contributed by atoms with Crippen molar-refractivity contribution in [2.24, 2.45) is 0 Å². The lowest BCUT2D eigenvalue weighted by molar-refractivity contribution is 0.790. The largest absolute Gasteiger partial charge is 0.382 e. The maximum absolute atomic E-state index is 3.52. The highest BCUT2D eigenvalue weighted by molar-refractivity contribution is 5.45. The minimum absolute atomic E-state index is 0.445. The molecule has 17 heavy (non-hydrogen) atoms. The second kappa shape index (κ2) is 5.53. The first-order valence-corrected chi connectivity index (χ1v) is 6.11. The van der Waals surface area contributed by atoms with E-state index in [-0.39, 0.29) is 0 Å². The fraction of sp³-hybridized carbons (Fsp3) is 0.250. The third kappa shape index (κ3) is 3.63. The van der Waals surface area contributed by atoms with Crippen LogP contribution in [0.1, 0.15) is 18.1 Å². The Kier molecular flexibility index (Phi) is 3.81. The molecule has 1 N–H and O–H groups in total. The van der Waals surface area contributed by atoms with Crippen molar-refractivity contribution < 1.29 is 0 Å². The summed E-state index contributed by atoms with van der Waals surface area (Å²) in [5.41, 5.74) is 3.87. The first-order chi connectivity index (χ1) is 8.24. The summed E-state index contributed by atoms with van der Waals surface area (Å²) in [7, 11) is 0. The van der Waals surface area contributed by atoms with Crippen molar-refractivity contribution in [1.29, 1.82) is 0 Å². The first-order valence-electron chi connectivity index (χ1n) is 6.11. The molecule has 0 aliphatic rings. The van der Waals surface area contributed by atoms with Crippen LogP contribution in [-0.4, -0.2) is 6.04 Å². The van der Waals surface area contributed by atoms with Crippen LogP contribution in [-0.2, 0) is 6.42 Å². The van der Waals surface area contributed by atoms with Crippen LogP contribution in [0.3, 0.4) is 0 Å². The van der Waals surface area contributed by atoms with Gasteiger partial charge in [-0.2, -0.15) is 0 Å². The summed E-state index contributed by atoms with van der Waals surface area (Å²) in [5, 5.41) is 3.52. The molecule has 0 radical (unpaired) electrons. The summed E-state index contributed by atoms with van der Waals surface area (Å²) >= 11 is 0. The minimum Gasteiger partial charge on any atom is -0.382 e. The smallest absolute Gasteiger partial charge is 0.0342 e. The molecule has 0 bridgehead atoms. The maximum Gasteiger partial charge on any atom is 0.0342 e. The van der Waals surface area contributed by atoms with Gasteiger partial charge in [0, 0.05) is 11.7 Å². The Balaban J connectivity index is 1.93. The van der Waals surface area contributed by atoms with E-state index in [4.69, 9.17) is 0 Å². The molecule has 0 unspecified atom stereocenters. The molecule has 0 aliphatic carbocycles. The van der Waals surface area contributed by atoms with Crippen LogP contribution in [0, 0.1) is 6.92 Å². The Labute approximate surface area is 103 Å². The van der Waals surface area contributed by atoms with Gasteiger partial charge < -0.3 is 5.32 Å². The number of hydrogen-bond donors (Lipinski definition) is 1. The Hall–Kier alpha value is -1.76. The number of benzene rings is 2. The molecule has 0 fully saturated rings. The van der Waals surface area contributed by atoms with E-state index in [9.17, 15) is 0 Å². The van der Waals surface area contributed by atoms with Crippen molar-refractivity contribution in [2.45, 2.75) is 26.3 Å². The van der Waals surface area contributed by atoms with Gasteiger partial charge in [0.2, 0.25) is 0 Å². The summed E-state index contributed by atoms with van der Waals surface area (Å²) in [6.07, 6.45) is 1.05. The van der Waals surface area contributed by atoms with Gasteiger partial charge in [-0.05, 0) is 38.0 Å². The Morgan fingerprint density at radius 1 is 0.941 bits per heavy atom. The molecule has 0 spiro atoms. The van der Waals surface area contributed by atoms with E-state index >= 15 is 0 Å². The Morgan fingerprint density at radius 2 is 1.59 bits per heavy atom. The first kappa shape index (κ1) is 11.7. The highest BCUT2D eigenvalue weighted by Crippen LogP contribution is 2.12. The van der Waals surface area contributed by atoms with Crippen molar-refractivity contribution in [3.8, 4) is 0 Å². The van der Waals surface area contributed by atoms with Crippen LogP contribution < -0.4 is 5.32 Å². The third-order valence-electron chi connectivity index (χ3n) is 2.85. The molecule has 2 rings (SSSR count). The van der Waals surface area contributed by atoms with E-state index in [2.05, 4.69) is 73.8 Å². The van der Waals surface area contributed by atoms with E-state index in [1.807, 2.05) is 0 Å². The van der Waals surface area contributed by atoms with Crippen LogP contribution in [0.2, 0.25) is 0 Å². The lowest BCUT2D eigenvalue weighted by atomic mass is 10.1. The van der Waals surface area contributed by atoms with E-state index in [0.717, 1.165) is 6.42 Å². The number of rotatable bonds is 4. The van der Waals surface area contributed by atoms with Gasteiger partial charge in [-0.1, -0.05) is 48.0 Å². The molecule has 0 amide bonds. The molecule has 0 heterocycles. The van der Waals surface area contributed by atoms with Gasteiger partial charge in [0.1, 0.15) is 0 Å². The van der Waals surface area contributed by atoms with Gasteiger partial charge in [-0.3, -0.25) is 0 Å². The molecule has 2 aromatic rings. The maximum atomic E-state index is 3.52. The zero-order valence-electron chi connectivity index (χ0n) is 10.5. The predicted octanol–water partition coefficient (Wildman–Crippen LogP) is 4.04. The Bertz CT molecular complexity index is 445. The minimum atomic E-state index is 0.445. The van der Waals surface area contributed by atoms with Gasteiger partial charge in [-0.25, -0.2) is 0 Å². The van der Waals surface area contributed by atoms with Crippen molar-refractivity contribution >= 4 is 5.69 Å². The predicted molar refractivity (Wildman–Crippen MR) is 74.4 cm³/mol. The molecule has 0 aromatic heterocycles. The molecule has 0 saturated heterocycles. The summed E-state index contributed by atoms with van der Waals surface area (Å²) in [5.74, 6) is 0. The van der Waals surface area contributed by atoms with Crippen LogP contribution in [0.4, 0.5) is 5.69 Å². The van der Waals surface area contributed by atoms with E-state index < -0.39 is 0 Å². The molecule has 2 aromatic carbocycles. The number of nitrogens with one attached hydrogen (secondary N) is 1. The van der Waals surface area contributed by atoms with Gasteiger partial charge in [0.25, 0.3) is 0 Å². The normalized spacial score (nSPS) is 12.1. The van der Waals surface area contributed by atoms with Crippen molar-refractivity contribution in [3.63, 3.8) is 0 Å². The van der Waals surface area contributed by atoms with Crippen LogP contribution >= 0.6 is 0 Å². The van der Waals surface area contributed by atoms with E-state index in [1.165, 1.54) is 16.8 Å². The molecular formula is C16H19N. The second-order valence-electron chi connectivity index (χ2n) is 4.60. The van der Waals surface area contributed by atoms with E-state index in [0.29, 0.717) is 6.04 Å². The van der Waals surface area contributed by atoms with Crippen LogP contribution in [0.25, 0.3) is 0 Å². The van der Waals surface area contributed by atoms with E-state index in [1.54, 1.807) is 0 Å². The molecule has 0 saturated carbocycles. The SMILES string of the molecule is Cc1ccc(N[C@H](C)Cc2ccccc2)cc1. The quantitative estimate of drug-likeness (QED) is 0.828. The lowest BCUT2D eigenvalue weighted by Gasteiger charge is -2.15. The summed E-state index contributed by atoms with van der Waals surface area (Å²) in [6, 6.07) is 19.6. The topological polar surface area (TPSA) is 12.0 Å². The number of anilines is 1. The number of aryl methyl sites for hydroxylation is 1. The van der Waals surface area contributed by atoms with Crippen LogP contribution in [0.15, 0.2) is 54.6 Å². The zero-order valence-corrected chi connectivity index (χ0v) is 10.5. The molecule has 1 atom stereocenters. The highest BCUT2D eigenvalue weighted by Gasteiger charge is 2.02. The van der Waals surface area contributed by atoms with Gasteiger partial charge in [0.05, 0.1) is 0 Å². The summed E-state index contributed by atoms with van der Waals surface area (Å²) < 4.78 is 0. The average molecular weight is 225 g/mol. The molecule has 1 nitrogen and oxygen atoms in total. The monoisotopic (exact) mass is 225 g/mol. The standard InChI is InChI=1S/C16H19N/c1-13-8-10-16(11-9-13)17-14(2)12-15-6-4-3-5-7-15/h3-11,14,17H,12H2,1-2H3/t14-/m1/s1. The second-order valence-corrected chi connectivity index (χ2v) is 4.60. The zero-order chi connectivity index (χ0) is 12.1. The van der Waals surface area contributed by atoms with Crippen LogP contribution in [0.5, 0.6) is 0 Å². The molecule has 1 heteroatoms. The fourth-order valence-electron chi connectivity index (χ4n) is 1.95. The van der Waals surface area contributed by atoms with Crippen molar-refractivity contribution in [2.75, 3.05) is 5.32 Å². The molecule has 0 aliphatic heterocycles. The fourth-order valence-corrected chi connectivity index (χ4v) is 1.95. The number of hydrogen-bond acceptors (Lipinski definition) is 1. The van der Waals surface area contributed by atoms with Gasteiger partial charge >= 0.3 is 0 Å². The van der Waals surface area contributed by atoms with Gasteiger partial charge in [0.15, 0.2) is 0 Å². The molecule has 88 valence electrons. The average Bonchev–Trinajstić information content (AvgIpc) is 2.33.